The fourth-order valence-corrected chi connectivity index (χ4v) is 4.00. The third-order valence-electron chi connectivity index (χ3n) is 5.53. The van der Waals surface area contributed by atoms with Gasteiger partial charge < -0.3 is 10.0 Å². The molecule has 0 bridgehead atoms. The highest BCUT2D eigenvalue weighted by Crippen LogP contribution is 2.30. The Kier molecular flexibility index (Phi) is 5.75. The number of carbonyl (C=O) groups excluding carboxylic acids is 1. The van der Waals surface area contributed by atoms with Gasteiger partial charge >= 0.3 is 0 Å². The monoisotopic (exact) mass is 421 g/mol. The van der Waals surface area contributed by atoms with Gasteiger partial charge in [-0.2, -0.15) is 0 Å². The second-order valence-electron chi connectivity index (χ2n) is 7.65. The summed E-state index contributed by atoms with van der Waals surface area (Å²) in [6.45, 7) is 2.57. The molecule has 3 aromatic rings. The lowest BCUT2D eigenvalue weighted by atomic mass is 10.0. The molecule has 1 aliphatic heterocycles. The van der Waals surface area contributed by atoms with Crippen LogP contribution in [-0.2, 0) is 6.54 Å². The molecule has 1 amide bonds. The fourth-order valence-electron chi connectivity index (χ4n) is 4.00. The molecule has 0 radical (unpaired) electrons. The minimum Gasteiger partial charge on any atom is -0.502 e. The highest BCUT2D eigenvalue weighted by Gasteiger charge is 2.35. The van der Waals surface area contributed by atoms with Crippen LogP contribution < -0.4 is 10.4 Å². The molecule has 1 atom stereocenters. The summed E-state index contributed by atoms with van der Waals surface area (Å²) in [6.07, 6.45) is 3.26. The minimum atomic E-state index is -0.602. The third kappa shape index (κ3) is 4.03. The van der Waals surface area contributed by atoms with E-state index in [0.717, 1.165) is 24.0 Å². The normalized spacial score (nSPS) is 14.5. The van der Waals surface area contributed by atoms with E-state index in [1.807, 2.05) is 35.3 Å². The van der Waals surface area contributed by atoms with Gasteiger partial charge in [-0.1, -0.05) is 55.8 Å². The van der Waals surface area contributed by atoms with E-state index in [2.05, 4.69) is 6.92 Å². The average molecular weight is 421 g/mol. The highest BCUT2D eigenvalue weighted by molar-refractivity contribution is 5.96. The summed E-state index contributed by atoms with van der Waals surface area (Å²) in [5.41, 5.74) is 1.17. The second kappa shape index (κ2) is 8.63. The molecule has 1 N–H and O–H groups in total. The number of halogens is 1. The number of carbonyl (C=O) groups is 1. The molecule has 2 heterocycles. The largest absolute Gasteiger partial charge is 0.502 e. The molecule has 160 valence electrons. The van der Waals surface area contributed by atoms with Gasteiger partial charge in [0.15, 0.2) is 11.4 Å². The van der Waals surface area contributed by atoms with Crippen molar-refractivity contribution in [3.05, 3.63) is 99.7 Å². The van der Waals surface area contributed by atoms with Crippen LogP contribution in [0.3, 0.4) is 0 Å². The molecule has 2 aromatic carbocycles. The van der Waals surface area contributed by atoms with Crippen LogP contribution in [0.25, 0.3) is 0 Å². The summed E-state index contributed by atoms with van der Waals surface area (Å²) in [7, 11) is 0. The van der Waals surface area contributed by atoms with Crippen molar-refractivity contribution in [1.82, 2.24) is 9.58 Å². The van der Waals surface area contributed by atoms with Crippen molar-refractivity contribution >= 4 is 5.91 Å². The molecular formula is C24H24FN3O3. The number of pyridine rings is 1. The Morgan fingerprint density at radius 1 is 1.03 bits per heavy atom. The molecule has 4 rings (SSSR count). The Morgan fingerprint density at radius 3 is 2.42 bits per heavy atom. The highest BCUT2D eigenvalue weighted by atomic mass is 19.1. The first-order valence-corrected chi connectivity index (χ1v) is 10.3. The predicted molar refractivity (Wildman–Crippen MR) is 116 cm³/mol. The molecule has 0 unspecified atom stereocenters. The molecule has 0 saturated heterocycles. The van der Waals surface area contributed by atoms with Crippen molar-refractivity contribution in [2.45, 2.75) is 32.4 Å². The van der Waals surface area contributed by atoms with E-state index in [-0.39, 0.29) is 30.8 Å². The van der Waals surface area contributed by atoms with Gasteiger partial charge in [0, 0.05) is 18.8 Å². The van der Waals surface area contributed by atoms with Crippen LogP contribution in [-0.4, -0.2) is 27.3 Å². The van der Waals surface area contributed by atoms with Crippen LogP contribution in [0.15, 0.2) is 71.7 Å². The van der Waals surface area contributed by atoms with Crippen LogP contribution >= 0.6 is 0 Å². The minimum absolute atomic E-state index is 0.0575. The first kappa shape index (κ1) is 20.7. The van der Waals surface area contributed by atoms with Gasteiger partial charge in [0.1, 0.15) is 12.5 Å². The molecule has 0 saturated carbocycles. The second-order valence-corrected chi connectivity index (χ2v) is 7.65. The van der Waals surface area contributed by atoms with Crippen LogP contribution in [0.4, 0.5) is 4.39 Å². The SMILES string of the molecule is CCC[C@H](c1ccccc1)N1CN(Cc2ccc(F)cc2)C(=O)c2c(O)c(=O)ccn21. The van der Waals surface area contributed by atoms with Gasteiger partial charge in [-0.05, 0) is 29.7 Å². The number of rotatable bonds is 6. The van der Waals surface area contributed by atoms with Gasteiger partial charge in [0.2, 0.25) is 5.43 Å². The maximum atomic E-state index is 13.3. The first-order valence-electron chi connectivity index (χ1n) is 10.3. The smallest absolute Gasteiger partial charge is 0.278 e. The summed E-state index contributed by atoms with van der Waals surface area (Å²) in [4.78, 5) is 26.9. The number of hydrogen-bond acceptors (Lipinski definition) is 4. The third-order valence-corrected chi connectivity index (χ3v) is 5.53. The van der Waals surface area contributed by atoms with E-state index in [4.69, 9.17) is 0 Å². The Morgan fingerprint density at radius 2 is 1.74 bits per heavy atom. The van der Waals surface area contributed by atoms with E-state index in [0.29, 0.717) is 0 Å². The molecule has 31 heavy (non-hydrogen) atoms. The van der Waals surface area contributed by atoms with Crippen molar-refractivity contribution in [1.29, 1.82) is 0 Å². The Balaban J connectivity index is 1.79. The lowest BCUT2D eigenvalue weighted by molar-refractivity contribution is 0.0659. The van der Waals surface area contributed by atoms with Crippen LogP contribution in [0.5, 0.6) is 5.75 Å². The Labute approximate surface area is 179 Å². The Bertz CT molecular complexity index is 1130. The predicted octanol–water partition coefficient (Wildman–Crippen LogP) is 3.79. The van der Waals surface area contributed by atoms with Crippen molar-refractivity contribution in [3.63, 3.8) is 0 Å². The standard InChI is InChI=1S/C24H24FN3O3/c1-2-6-20(18-7-4-3-5-8-18)28-16-26(15-17-9-11-19(25)12-10-17)24(31)22-23(30)21(29)13-14-27(22)28/h3-5,7-14,20,30H,2,6,15-16H2,1H3/t20-/m1/s1. The summed E-state index contributed by atoms with van der Waals surface area (Å²) >= 11 is 0. The topological polar surface area (TPSA) is 65.8 Å². The molecule has 7 heteroatoms. The van der Waals surface area contributed by atoms with E-state index in [1.165, 1.54) is 24.4 Å². The van der Waals surface area contributed by atoms with Gasteiger partial charge in [0.05, 0.1) is 6.04 Å². The van der Waals surface area contributed by atoms with Gasteiger partial charge in [-0.15, -0.1) is 0 Å². The summed E-state index contributed by atoms with van der Waals surface area (Å²) in [5, 5.41) is 12.5. The number of fused-ring (bicyclic) bond motifs is 1. The van der Waals surface area contributed by atoms with E-state index in [9.17, 15) is 19.1 Å². The molecule has 1 aliphatic rings. The molecule has 6 nitrogen and oxygen atoms in total. The maximum Gasteiger partial charge on any atom is 0.278 e. The fraction of sp³-hybridized carbons (Fsp3) is 0.250. The van der Waals surface area contributed by atoms with E-state index in [1.54, 1.807) is 21.7 Å². The zero-order valence-electron chi connectivity index (χ0n) is 17.2. The average Bonchev–Trinajstić information content (AvgIpc) is 2.78. The number of nitrogens with zero attached hydrogens (tertiary/aromatic N) is 3. The number of aromatic hydroxyl groups is 1. The molecule has 0 aliphatic carbocycles. The van der Waals surface area contributed by atoms with Gasteiger partial charge in [-0.25, -0.2) is 4.39 Å². The van der Waals surface area contributed by atoms with Crippen LogP contribution in [0, 0.1) is 5.82 Å². The number of benzene rings is 2. The lowest BCUT2D eigenvalue weighted by Gasteiger charge is -2.44. The summed E-state index contributed by atoms with van der Waals surface area (Å²) in [5.74, 6) is -1.36. The Hall–Kier alpha value is -3.61. The quantitative estimate of drug-likeness (QED) is 0.658. The van der Waals surface area contributed by atoms with Gasteiger partial charge in [0.25, 0.3) is 5.91 Å². The lowest BCUT2D eigenvalue weighted by Crippen LogP contribution is -2.55. The molecular weight excluding hydrogens is 397 g/mol. The van der Waals surface area contributed by atoms with Crippen molar-refractivity contribution in [3.8, 4) is 5.75 Å². The maximum absolute atomic E-state index is 13.3. The molecule has 1 aromatic heterocycles. The molecule has 0 fully saturated rings. The molecule has 0 spiro atoms. The summed E-state index contributed by atoms with van der Waals surface area (Å²) in [6, 6.07) is 17.1. The van der Waals surface area contributed by atoms with E-state index >= 15 is 0 Å². The van der Waals surface area contributed by atoms with Crippen molar-refractivity contribution in [2.24, 2.45) is 0 Å². The first-order chi connectivity index (χ1) is 15.0. The number of amides is 1. The van der Waals surface area contributed by atoms with Crippen molar-refractivity contribution < 1.29 is 14.3 Å². The number of aromatic nitrogens is 1. The van der Waals surface area contributed by atoms with Crippen LogP contribution in [0.1, 0.15) is 47.4 Å². The zero-order valence-corrected chi connectivity index (χ0v) is 17.2. The zero-order chi connectivity index (χ0) is 22.0. The number of hydrogen-bond donors (Lipinski definition) is 1. The van der Waals surface area contributed by atoms with Gasteiger partial charge in [-0.3, -0.25) is 19.3 Å². The van der Waals surface area contributed by atoms with Crippen molar-refractivity contribution in [2.75, 3.05) is 11.7 Å². The van der Waals surface area contributed by atoms with E-state index < -0.39 is 17.1 Å². The summed E-state index contributed by atoms with van der Waals surface area (Å²) < 4.78 is 14.9. The van der Waals surface area contributed by atoms with Crippen LogP contribution in [0.2, 0.25) is 0 Å².